The van der Waals surface area contributed by atoms with E-state index in [2.05, 4.69) is 54.8 Å². The minimum atomic E-state index is 0.418. The first-order valence-corrected chi connectivity index (χ1v) is 8.40. The molecule has 0 atom stereocenters. The number of rotatable bonds is 8. The Hall–Kier alpha value is -1.32. The molecule has 1 aliphatic carbocycles. The molecule has 1 heterocycles. The van der Waals surface area contributed by atoms with Crippen molar-refractivity contribution in [3.05, 3.63) is 11.9 Å². The van der Waals surface area contributed by atoms with Crippen molar-refractivity contribution in [2.24, 2.45) is 5.92 Å². The Balaban J connectivity index is 2.34. The molecular weight excluding hydrogens is 260 g/mol. The number of anilines is 2. The van der Waals surface area contributed by atoms with Gasteiger partial charge in [-0.05, 0) is 44.9 Å². The number of hydrogen-bond acceptors (Lipinski definition) is 4. The third kappa shape index (κ3) is 4.08. The minimum Gasteiger partial charge on any atom is -0.370 e. The average Bonchev–Trinajstić information content (AvgIpc) is 3.25. The van der Waals surface area contributed by atoms with Gasteiger partial charge in [0.25, 0.3) is 0 Å². The maximum Gasteiger partial charge on any atom is 0.137 e. The monoisotopic (exact) mass is 290 g/mol. The van der Waals surface area contributed by atoms with Crippen LogP contribution >= 0.6 is 0 Å². The fraction of sp³-hybridized carbons (Fsp3) is 0.765. The van der Waals surface area contributed by atoms with Crippen molar-refractivity contribution in [1.82, 2.24) is 9.97 Å². The fourth-order valence-corrected chi connectivity index (χ4v) is 2.65. The van der Waals surface area contributed by atoms with Gasteiger partial charge in [-0.2, -0.15) is 0 Å². The topological polar surface area (TPSA) is 41.1 Å². The molecule has 0 radical (unpaired) electrons. The summed E-state index contributed by atoms with van der Waals surface area (Å²) >= 11 is 0. The highest BCUT2D eigenvalue weighted by atomic mass is 15.2. The summed E-state index contributed by atoms with van der Waals surface area (Å²) in [5.74, 6) is 3.41. The molecule has 0 saturated heterocycles. The van der Waals surface area contributed by atoms with E-state index in [4.69, 9.17) is 0 Å². The average molecular weight is 290 g/mol. The van der Waals surface area contributed by atoms with Crippen LogP contribution in [0.5, 0.6) is 0 Å². The molecule has 2 rings (SSSR count). The summed E-state index contributed by atoms with van der Waals surface area (Å²) in [5.41, 5.74) is 1.26. The highest BCUT2D eigenvalue weighted by molar-refractivity contribution is 5.60. The molecule has 1 aliphatic rings. The molecule has 0 unspecified atom stereocenters. The molecule has 0 aliphatic heterocycles. The van der Waals surface area contributed by atoms with Crippen LogP contribution < -0.4 is 10.2 Å². The normalized spacial score (nSPS) is 14.8. The van der Waals surface area contributed by atoms with Crippen LogP contribution in [0, 0.1) is 5.92 Å². The molecule has 1 aromatic rings. The second kappa shape index (κ2) is 7.10. The number of aromatic nitrogens is 2. The standard InChI is InChI=1S/C17H30N4/c1-6-9-18-16-15(12(2)3)17(20-11-19-16)21(13(4)5)10-14-7-8-14/h11-14H,6-10H2,1-5H3,(H,18,19,20). The van der Waals surface area contributed by atoms with E-state index in [1.165, 1.54) is 18.4 Å². The predicted molar refractivity (Wildman–Crippen MR) is 90.1 cm³/mol. The van der Waals surface area contributed by atoms with Gasteiger partial charge in [-0.15, -0.1) is 0 Å². The van der Waals surface area contributed by atoms with Crippen molar-refractivity contribution in [3.8, 4) is 0 Å². The van der Waals surface area contributed by atoms with Crippen LogP contribution in [0.1, 0.15) is 65.4 Å². The van der Waals surface area contributed by atoms with E-state index in [1.807, 2.05) is 0 Å². The largest absolute Gasteiger partial charge is 0.370 e. The Labute approximate surface area is 129 Å². The van der Waals surface area contributed by atoms with Crippen LogP contribution in [-0.4, -0.2) is 29.1 Å². The van der Waals surface area contributed by atoms with Crippen molar-refractivity contribution in [1.29, 1.82) is 0 Å². The Morgan fingerprint density at radius 2 is 1.95 bits per heavy atom. The number of nitrogens with one attached hydrogen (secondary N) is 1. The molecule has 21 heavy (non-hydrogen) atoms. The lowest BCUT2D eigenvalue weighted by molar-refractivity contribution is 0.628. The van der Waals surface area contributed by atoms with Crippen LogP contribution in [-0.2, 0) is 0 Å². The zero-order valence-electron chi connectivity index (χ0n) is 14.2. The van der Waals surface area contributed by atoms with Crippen molar-refractivity contribution in [2.75, 3.05) is 23.3 Å². The molecule has 1 saturated carbocycles. The quantitative estimate of drug-likeness (QED) is 0.784. The molecule has 118 valence electrons. The van der Waals surface area contributed by atoms with Gasteiger partial charge in [0.1, 0.15) is 18.0 Å². The molecule has 0 aromatic carbocycles. The zero-order valence-corrected chi connectivity index (χ0v) is 14.2. The van der Waals surface area contributed by atoms with Gasteiger partial charge < -0.3 is 10.2 Å². The van der Waals surface area contributed by atoms with Gasteiger partial charge in [-0.25, -0.2) is 9.97 Å². The Kier molecular flexibility index (Phi) is 5.43. The molecular formula is C17H30N4. The van der Waals surface area contributed by atoms with Crippen LogP contribution in [0.15, 0.2) is 6.33 Å². The highest BCUT2D eigenvalue weighted by Crippen LogP contribution is 2.36. The molecule has 1 fully saturated rings. The van der Waals surface area contributed by atoms with Crippen molar-refractivity contribution in [3.63, 3.8) is 0 Å². The maximum absolute atomic E-state index is 4.65. The Morgan fingerprint density at radius 1 is 1.24 bits per heavy atom. The summed E-state index contributed by atoms with van der Waals surface area (Å²) < 4.78 is 0. The second-order valence-corrected chi connectivity index (χ2v) is 6.73. The van der Waals surface area contributed by atoms with Crippen LogP contribution in [0.2, 0.25) is 0 Å². The molecule has 0 bridgehead atoms. The van der Waals surface area contributed by atoms with Gasteiger partial charge in [-0.1, -0.05) is 20.8 Å². The van der Waals surface area contributed by atoms with E-state index in [-0.39, 0.29) is 0 Å². The smallest absolute Gasteiger partial charge is 0.137 e. The number of nitrogens with zero attached hydrogens (tertiary/aromatic N) is 3. The third-order valence-corrected chi connectivity index (χ3v) is 4.03. The van der Waals surface area contributed by atoms with Crippen molar-refractivity contribution < 1.29 is 0 Å². The molecule has 1 N–H and O–H groups in total. The molecule has 4 heteroatoms. The third-order valence-electron chi connectivity index (χ3n) is 4.03. The lowest BCUT2D eigenvalue weighted by Crippen LogP contribution is -2.34. The van der Waals surface area contributed by atoms with E-state index in [9.17, 15) is 0 Å². The molecule has 0 spiro atoms. The Morgan fingerprint density at radius 3 is 2.48 bits per heavy atom. The SMILES string of the molecule is CCCNc1ncnc(N(CC2CC2)C(C)C)c1C(C)C. The van der Waals surface area contributed by atoms with Gasteiger partial charge in [0.2, 0.25) is 0 Å². The second-order valence-electron chi connectivity index (χ2n) is 6.73. The van der Waals surface area contributed by atoms with E-state index >= 15 is 0 Å². The summed E-state index contributed by atoms with van der Waals surface area (Å²) in [4.78, 5) is 11.6. The van der Waals surface area contributed by atoms with Gasteiger partial charge >= 0.3 is 0 Å². The van der Waals surface area contributed by atoms with Gasteiger partial charge in [0, 0.05) is 24.7 Å². The predicted octanol–water partition coefficient (Wildman–Crippen LogP) is 4.05. The summed E-state index contributed by atoms with van der Waals surface area (Å²) in [7, 11) is 0. The summed E-state index contributed by atoms with van der Waals surface area (Å²) in [6, 6.07) is 0.469. The van der Waals surface area contributed by atoms with Crippen LogP contribution in [0.3, 0.4) is 0 Å². The van der Waals surface area contributed by atoms with Crippen molar-refractivity contribution in [2.45, 2.75) is 65.8 Å². The maximum atomic E-state index is 4.65. The van der Waals surface area contributed by atoms with Crippen molar-refractivity contribution >= 4 is 11.6 Å². The Bertz CT molecular complexity index is 452. The summed E-state index contributed by atoms with van der Waals surface area (Å²) in [6.07, 6.45) is 5.55. The molecule has 1 aromatic heterocycles. The number of hydrogen-bond donors (Lipinski definition) is 1. The van der Waals surface area contributed by atoms with E-state index < -0.39 is 0 Å². The highest BCUT2D eigenvalue weighted by Gasteiger charge is 2.28. The van der Waals surface area contributed by atoms with E-state index in [0.29, 0.717) is 12.0 Å². The zero-order chi connectivity index (χ0) is 15.4. The first-order valence-electron chi connectivity index (χ1n) is 8.40. The van der Waals surface area contributed by atoms with E-state index in [0.717, 1.165) is 37.1 Å². The fourth-order valence-electron chi connectivity index (χ4n) is 2.65. The molecule has 4 nitrogen and oxygen atoms in total. The summed E-state index contributed by atoms with van der Waals surface area (Å²) in [5, 5.41) is 3.47. The molecule has 0 amide bonds. The van der Waals surface area contributed by atoms with E-state index in [1.54, 1.807) is 6.33 Å². The van der Waals surface area contributed by atoms with Gasteiger partial charge in [-0.3, -0.25) is 0 Å². The van der Waals surface area contributed by atoms with Gasteiger partial charge in [0.15, 0.2) is 0 Å². The first-order chi connectivity index (χ1) is 10.0. The van der Waals surface area contributed by atoms with Crippen LogP contribution in [0.25, 0.3) is 0 Å². The lowest BCUT2D eigenvalue weighted by Gasteiger charge is -2.31. The minimum absolute atomic E-state index is 0.418. The summed E-state index contributed by atoms with van der Waals surface area (Å²) in [6.45, 7) is 13.2. The van der Waals surface area contributed by atoms with Gasteiger partial charge in [0.05, 0.1) is 0 Å². The first kappa shape index (κ1) is 16.1. The van der Waals surface area contributed by atoms with Crippen LogP contribution in [0.4, 0.5) is 11.6 Å². The lowest BCUT2D eigenvalue weighted by atomic mass is 10.0.